The van der Waals surface area contributed by atoms with E-state index in [-0.39, 0.29) is 5.91 Å². The number of benzene rings is 1. The van der Waals surface area contributed by atoms with Crippen molar-refractivity contribution in [2.75, 3.05) is 12.4 Å². The summed E-state index contributed by atoms with van der Waals surface area (Å²) in [5.41, 5.74) is 0.932. The van der Waals surface area contributed by atoms with Crippen LogP contribution < -0.4 is 14.8 Å². The third-order valence-corrected chi connectivity index (χ3v) is 4.74. The zero-order valence-corrected chi connectivity index (χ0v) is 15.8. The number of nitrogens with one attached hydrogen (secondary N) is 1. The van der Waals surface area contributed by atoms with Crippen molar-refractivity contribution < 1.29 is 14.3 Å². The summed E-state index contributed by atoms with van der Waals surface area (Å²) in [6.45, 7) is 0.382. The van der Waals surface area contributed by atoms with E-state index in [0.29, 0.717) is 17.3 Å². The zero-order valence-electron chi connectivity index (χ0n) is 13.4. The van der Waals surface area contributed by atoms with E-state index >= 15 is 0 Å². The van der Waals surface area contributed by atoms with Crippen LogP contribution in [0.5, 0.6) is 11.5 Å². The molecule has 0 fully saturated rings. The third-order valence-electron chi connectivity index (χ3n) is 3.29. The van der Waals surface area contributed by atoms with Crippen molar-refractivity contribution in [1.29, 1.82) is 0 Å². The molecule has 0 atom stereocenters. The second-order valence-electron chi connectivity index (χ2n) is 5.10. The van der Waals surface area contributed by atoms with E-state index in [2.05, 4.69) is 26.2 Å². The number of hydrogen-bond donors (Lipinski definition) is 1. The van der Waals surface area contributed by atoms with Gasteiger partial charge in [0.1, 0.15) is 23.9 Å². The predicted molar refractivity (Wildman–Crippen MR) is 102 cm³/mol. The Hall–Kier alpha value is -2.38. The third kappa shape index (κ3) is 4.80. The van der Waals surface area contributed by atoms with Crippen LogP contribution in [-0.4, -0.2) is 18.0 Å². The number of ether oxygens (including phenoxy) is 2. The molecule has 0 aliphatic carbocycles. The van der Waals surface area contributed by atoms with Crippen LogP contribution in [0.4, 0.5) is 5.82 Å². The van der Waals surface area contributed by atoms with E-state index in [1.807, 2.05) is 41.8 Å². The minimum atomic E-state index is -0.188. The molecule has 25 heavy (non-hydrogen) atoms. The largest absolute Gasteiger partial charge is 0.497 e. The van der Waals surface area contributed by atoms with Crippen LogP contribution in [-0.2, 0) is 6.61 Å². The smallest absolute Gasteiger partial charge is 0.266 e. The Kier molecular flexibility index (Phi) is 5.67. The normalized spacial score (nSPS) is 10.3. The summed E-state index contributed by atoms with van der Waals surface area (Å²) in [4.78, 5) is 17.0. The highest BCUT2D eigenvalue weighted by Crippen LogP contribution is 2.22. The van der Waals surface area contributed by atoms with Gasteiger partial charge in [0.05, 0.1) is 12.0 Å². The molecule has 2 aromatic heterocycles. The van der Waals surface area contributed by atoms with Crippen LogP contribution >= 0.6 is 27.3 Å². The predicted octanol–water partition coefficient (Wildman–Crippen LogP) is 4.75. The lowest BCUT2D eigenvalue weighted by Crippen LogP contribution is -2.11. The quantitative estimate of drug-likeness (QED) is 0.627. The van der Waals surface area contributed by atoms with E-state index < -0.39 is 0 Å². The Bertz CT molecular complexity index is 865. The molecule has 1 aromatic carbocycles. The minimum absolute atomic E-state index is 0.188. The number of anilines is 1. The molecular weight excluding hydrogens is 404 g/mol. The molecule has 0 saturated heterocycles. The van der Waals surface area contributed by atoms with E-state index in [1.165, 1.54) is 11.3 Å². The first-order valence-corrected chi connectivity index (χ1v) is 9.08. The number of thiophene rings is 1. The topological polar surface area (TPSA) is 60.5 Å². The van der Waals surface area contributed by atoms with Crippen LogP contribution in [0, 0.1) is 0 Å². The maximum Gasteiger partial charge on any atom is 0.266 e. The Morgan fingerprint density at radius 1 is 1.24 bits per heavy atom. The highest BCUT2D eigenvalue weighted by Gasteiger charge is 2.10. The van der Waals surface area contributed by atoms with Gasteiger partial charge in [0, 0.05) is 22.3 Å². The summed E-state index contributed by atoms with van der Waals surface area (Å²) < 4.78 is 11.8. The molecule has 3 aromatic rings. The van der Waals surface area contributed by atoms with Crippen molar-refractivity contribution in [1.82, 2.24) is 4.98 Å². The van der Waals surface area contributed by atoms with Gasteiger partial charge in [0.2, 0.25) is 0 Å². The molecule has 3 rings (SSSR count). The first kappa shape index (κ1) is 17.4. The van der Waals surface area contributed by atoms with E-state index in [9.17, 15) is 4.79 Å². The summed E-state index contributed by atoms with van der Waals surface area (Å²) in [6.07, 6.45) is 1.64. The van der Waals surface area contributed by atoms with Crippen LogP contribution in [0.3, 0.4) is 0 Å². The van der Waals surface area contributed by atoms with Crippen molar-refractivity contribution in [3.05, 3.63) is 69.0 Å². The highest BCUT2D eigenvalue weighted by molar-refractivity contribution is 9.10. The summed E-state index contributed by atoms with van der Waals surface area (Å²) >= 11 is 4.68. The highest BCUT2D eigenvalue weighted by atomic mass is 79.9. The maximum atomic E-state index is 12.3. The lowest BCUT2D eigenvalue weighted by atomic mass is 10.3. The van der Waals surface area contributed by atoms with E-state index in [1.54, 1.807) is 19.4 Å². The first-order chi connectivity index (χ1) is 12.1. The van der Waals surface area contributed by atoms with Crippen molar-refractivity contribution in [3.8, 4) is 11.5 Å². The van der Waals surface area contributed by atoms with Crippen molar-refractivity contribution in [2.24, 2.45) is 0 Å². The van der Waals surface area contributed by atoms with E-state index in [4.69, 9.17) is 9.47 Å². The van der Waals surface area contributed by atoms with Gasteiger partial charge in [-0.05, 0) is 51.6 Å². The molecule has 0 spiro atoms. The number of carbonyl (C=O) groups excluding carboxylic acids is 1. The van der Waals surface area contributed by atoms with Crippen LogP contribution in [0.15, 0.2) is 58.5 Å². The maximum absolute atomic E-state index is 12.3. The number of methoxy groups -OCH3 is 1. The molecular formula is C18H15BrN2O3S. The number of pyridine rings is 1. The Balaban J connectivity index is 1.59. The minimum Gasteiger partial charge on any atom is -0.497 e. The lowest BCUT2D eigenvalue weighted by Gasteiger charge is -2.06. The van der Waals surface area contributed by atoms with Gasteiger partial charge in [-0.25, -0.2) is 4.98 Å². The number of halogens is 1. The monoisotopic (exact) mass is 418 g/mol. The molecule has 5 nitrogen and oxygen atoms in total. The Morgan fingerprint density at radius 3 is 2.84 bits per heavy atom. The molecule has 0 radical (unpaired) electrons. The summed E-state index contributed by atoms with van der Waals surface area (Å²) in [5, 5.41) is 4.68. The molecule has 1 N–H and O–H groups in total. The van der Waals surface area contributed by atoms with Gasteiger partial charge in [-0.15, -0.1) is 11.3 Å². The summed E-state index contributed by atoms with van der Waals surface area (Å²) in [7, 11) is 1.61. The first-order valence-electron chi connectivity index (χ1n) is 7.41. The van der Waals surface area contributed by atoms with Crippen molar-refractivity contribution >= 4 is 39.0 Å². The van der Waals surface area contributed by atoms with Gasteiger partial charge in [0.15, 0.2) is 0 Å². The van der Waals surface area contributed by atoms with Gasteiger partial charge in [-0.1, -0.05) is 6.07 Å². The number of nitrogens with zero attached hydrogens (tertiary/aromatic N) is 1. The number of hydrogen-bond acceptors (Lipinski definition) is 5. The fourth-order valence-electron chi connectivity index (χ4n) is 2.06. The van der Waals surface area contributed by atoms with Gasteiger partial charge in [0.25, 0.3) is 5.91 Å². The second-order valence-corrected chi connectivity index (χ2v) is 6.93. The number of amides is 1. The van der Waals surface area contributed by atoms with Gasteiger partial charge in [-0.2, -0.15) is 0 Å². The average molecular weight is 419 g/mol. The molecule has 7 heteroatoms. The molecule has 0 bridgehead atoms. The standard InChI is InChI=1S/C18H15BrN2O3S/c1-23-14-3-2-4-15(8-14)24-10-12-7-16(25-11-12)18(22)21-17-6-5-13(19)9-20-17/h2-9,11H,10H2,1H3,(H,20,21,22). The van der Waals surface area contributed by atoms with Crippen LogP contribution in [0.25, 0.3) is 0 Å². The fraction of sp³-hybridized carbons (Fsp3) is 0.111. The molecule has 128 valence electrons. The fourth-order valence-corrected chi connectivity index (χ4v) is 3.08. The average Bonchev–Trinajstić information content (AvgIpc) is 3.11. The molecule has 0 saturated carbocycles. The van der Waals surface area contributed by atoms with E-state index in [0.717, 1.165) is 21.5 Å². The lowest BCUT2D eigenvalue weighted by molar-refractivity contribution is 0.103. The molecule has 0 unspecified atom stereocenters. The van der Waals surface area contributed by atoms with Crippen LogP contribution in [0.2, 0.25) is 0 Å². The number of rotatable bonds is 6. The van der Waals surface area contributed by atoms with Gasteiger partial charge >= 0.3 is 0 Å². The summed E-state index contributed by atoms with van der Waals surface area (Å²) in [5.74, 6) is 1.78. The molecule has 2 heterocycles. The number of aromatic nitrogens is 1. The molecule has 0 aliphatic rings. The van der Waals surface area contributed by atoms with Crippen LogP contribution in [0.1, 0.15) is 15.2 Å². The zero-order chi connectivity index (χ0) is 17.6. The Morgan fingerprint density at radius 2 is 2.08 bits per heavy atom. The number of carbonyl (C=O) groups is 1. The van der Waals surface area contributed by atoms with Gasteiger partial charge < -0.3 is 14.8 Å². The van der Waals surface area contributed by atoms with Crippen molar-refractivity contribution in [2.45, 2.75) is 6.61 Å². The SMILES string of the molecule is COc1cccc(OCc2csc(C(=O)Nc3ccc(Br)cn3)c2)c1. The summed E-state index contributed by atoms with van der Waals surface area (Å²) in [6, 6.07) is 12.8. The van der Waals surface area contributed by atoms with Crippen molar-refractivity contribution in [3.63, 3.8) is 0 Å². The Labute approximate surface area is 157 Å². The molecule has 0 aliphatic heterocycles. The van der Waals surface area contributed by atoms with Gasteiger partial charge in [-0.3, -0.25) is 4.79 Å². The second kappa shape index (κ2) is 8.13. The molecule has 1 amide bonds.